The van der Waals surface area contributed by atoms with E-state index in [0.717, 1.165) is 44.3 Å². The fourth-order valence-corrected chi connectivity index (χ4v) is 3.41. The maximum absolute atomic E-state index is 9.02. The van der Waals surface area contributed by atoms with Crippen LogP contribution in [-0.2, 0) is 0 Å². The van der Waals surface area contributed by atoms with Gasteiger partial charge in [0.15, 0.2) is 0 Å². The van der Waals surface area contributed by atoms with Gasteiger partial charge in [-0.1, -0.05) is 54.1 Å². The molecule has 0 radical (unpaired) electrons. The fourth-order valence-electron chi connectivity index (χ4n) is 3.29. The van der Waals surface area contributed by atoms with Gasteiger partial charge < -0.3 is 5.11 Å². The predicted octanol–water partition coefficient (Wildman–Crippen LogP) is 4.02. The molecule has 0 aromatic heterocycles. The van der Waals surface area contributed by atoms with E-state index in [2.05, 4.69) is 59.2 Å². The van der Waals surface area contributed by atoms with Gasteiger partial charge in [-0.15, -0.1) is 0 Å². The molecule has 1 aliphatic heterocycles. The van der Waals surface area contributed by atoms with Gasteiger partial charge in [0, 0.05) is 44.3 Å². The van der Waals surface area contributed by atoms with Crippen LogP contribution in [0.2, 0.25) is 5.02 Å². The average Bonchev–Trinajstić information content (AvgIpc) is 2.68. The molecule has 0 bridgehead atoms. The molecule has 1 N–H and O–H groups in total. The monoisotopic (exact) mass is 370 g/mol. The van der Waals surface area contributed by atoms with Crippen LogP contribution in [0.3, 0.4) is 0 Å². The number of hydrogen-bond donors (Lipinski definition) is 1. The number of benzene rings is 2. The standard InChI is InChI=1S/C22H27ClN2O/c1-18(10-11-24-12-14-25(15-13-24)16-17-26)19-2-4-20(5-3-19)21-6-8-22(23)9-7-21/h2-10,26H,11-17H2,1H3/b18-10-. The van der Waals surface area contributed by atoms with E-state index in [1.165, 1.54) is 22.3 Å². The second kappa shape index (κ2) is 9.33. The van der Waals surface area contributed by atoms with Gasteiger partial charge in [-0.05, 0) is 41.3 Å². The van der Waals surface area contributed by atoms with E-state index in [9.17, 15) is 0 Å². The summed E-state index contributed by atoms with van der Waals surface area (Å²) >= 11 is 5.96. The van der Waals surface area contributed by atoms with Crippen molar-refractivity contribution in [2.45, 2.75) is 6.92 Å². The highest BCUT2D eigenvalue weighted by Gasteiger charge is 2.15. The number of piperazine rings is 1. The van der Waals surface area contributed by atoms with Gasteiger partial charge in [-0.3, -0.25) is 9.80 Å². The number of halogens is 1. The molecular weight excluding hydrogens is 344 g/mol. The molecule has 0 unspecified atom stereocenters. The van der Waals surface area contributed by atoms with Crippen LogP contribution in [0.4, 0.5) is 0 Å². The first-order valence-corrected chi connectivity index (χ1v) is 9.62. The zero-order valence-corrected chi connectivity index (χ0v) is 16.1. The van der Waals surface area contributed by atoms with E-state index < -0.39 is 0 Å². The highest BCUT2D eigenvalue weighted by Crippen LogP contribution is 2.24. The van der Waals surface area contributed by atoms with Crippen LogP contribution in [0.25, 0.3) is 16.7 Å². The molecule has 2 aromatic rings. The lowest BCUT2D eigenvalue weighted by Crippen LogP contribution is -2.47. The van der Waals surface area contributed by atoms with Gasteiger partial charge in [0.25, 0.3) is 0 Å². The Labute approximate surface area is 161 Å². The largest absolute Gasteiger partial charge is 0.395 e. The topological polar surface area (TPSA) is 26.7 Å². The van der Waals surface area contributed by atoms with Crippen molar-refractivity contribution >= 4 is 17.2 Å². The van der Waals surface area contributed by atoms with Crippen molar-refractivity contribution in [2.75, 3.05) is 45.9 Å². The average molecular weight is 371 g/mol. The summed E-state index contributed by atoms with van der Waals surface area (Å²) < 4.78 is 0. The lowest BCUT2D eigenvalue weighted by atomic mass is 10.0. The van der Waals surface area contributed by atoms with Crippen molar-refractivity contribution in [2.24, 2.45) is 0 Å². The van der Waals surface area contributed by atoms with Crippen LogP contribution in [0.5, 0.6) is 0 Å². The van der Waals surface area contributed by atoms with Crippen molar-refractivity contribution in [1.29, 1.82) is 0 Å². The zero-order valence-electron chi connectivity index (χ0n) is 15.4. The Morgan fingerprint density at radius 1 is 0.923 bits per heavy atom. The van der Waals surface area contributed by atoms with Crippen LogP contribution in [0, 0.1) is 0 Å². The fraction of sp³-hybridized carbons (Fsp3) is 0.364. The number of rotatable bonds is 6. The van der Waals surface area contributed by atoms with Crippen LogP contribution in [-0.4, -0.2) is 60.8 Å². The number of hydrogen-bond acceptors (Lipinski definition) is 3. The Morgan fingerprint density at radius 2 is 1.46 bits per heavy atom. The Hall–Kier alpha value is -1.65. The molecule has 138 valence electrons. The molecule has 1 heterocycles. The summed E-state index contributed by atoms with van der Waals surface area (Å²) in [6.45, 7) is 8.44. The van der Waals surface area contributed by atoms with Crippen molar-refractivity contribution in [3.8, 4) is 11.1 Å². The van der Waals surface area contributed by atoms with Gasteiger partial charge >= 0.3 is 0 Å². The number of aliphatic hydroxyl groups excluding tert-OH is 1. The predicted molar refractivity (Wildman–Crippen MR) is 111 cm³/mol. The van der Waals surface area contributed by atoms with E-state index in [1.54, 1.807) is 0 Å². The van der Waals surface area contributed by atoms with Gasteiger partial charge in [-0.2, -0.15) is 0 Å². The second-order valence-electron chi connectivity index (χ2n) is 6.84. The summed E-state index contributed by atoms with van der Waals surface area (Å²) in [5.41, 5.74) is 4.97. The Morgan fingerprint density at radius 3 is 2.04 bits per heavy atom. The molecule has 4 heteroatoms. The highest BCUT2D eigenvalue weighted by atomic mass is 35.5. The second-order valence-corrected chi connectivity index (χ2v) is 7.27. The highest BCUT2D eigenvalue weighted by molar-refractivity contribution is 6.30. The van der Waals surface area contributed by atoms with Gasteiger partial charge in [-0.25, -0.2) is 0 Å². The number of allylic oxidation sites excluding steroid dienone is 1. The van der Waals surface area contributed by atoms with Gasteiger partial charge in [0.2, 0.25) is 0 Å². The van der Waals surface area contributed by atoms with Crippen molar-refractivity contribution in [3.63, 3.8) is 0 Å². The molecule has 1 saturated heterocycles. The maximum Gasteiger partial charge on any atom is 0.0558 e. The van der Waals surface area contributed by atoms with Crippen molar-refractivity contribution in [3.05, 3.63) is 65.2 Å². The summed E-state index contributed by atoms with van der Waals surface area (Å²) in [5, 5.41) is 9.79. The van der Waals surface area contributed by atoms with E-state index in [0.29, 0.717) is 0 Å². The molecular formula is C22H27ClN2O. The van der Waals surface area contributed by atoms with Crippen LogP contribution in [0.15, 0.2) is 54.6 Å². The summed E-state index contributed by atoms with van der Waals surface area (Å²) in [5.74, 6) is 0. The third-order valence-corrected chi connectivity index (χ3v) is 5.31. The summed E-state index contributed by atoms with van der Waals surface area (Å²) in [6, 6.07) is 16.7. The van der Waals surface area contributed by atoms with Crippen molar-refractivity contribution < 1.29 is 5.11 Å². The Kier molecular flexibility index (Phi) is 6.86. The number of nitrogens with zero attached hydrogens (tertiary/aromatic N) is 2. The first-order valence-electron chi connectivity index (χ1n) is 9.24. The lowest BCUT2D eigenvalue weighted by molar-refractivity contribution is 0.120. The smallest absolute Gasteiger partial charge is 0.0558 e. The minimum atomic E-state index is 0.255. The van der Waals surface area contributed by atoms with E-state index in [4.69, 9.17) is 16.7 Å². The third kappa shape index (κ3) is 5.18. The molecule has 1 fully saturated rings. The molecule has 0 aliphatic carbocycles. The molecule has 3 nitrogen and oxygen atoms in total. The Balaban J connectivity index is 1.57. The van der Waals surface area contributed by atoms with Crippen LogP contribution in [0.1, 0.15) is 12.5 Å². The van der Waals surface area contributed by atoms with Gasteiger partial charge in [0.1, 0.15) is 0 Å². The molecule has 1 aliphatic rings. The molecule has 0 saturated carbocycles. The van der Waals surface area contributed by atoms with Crippen molar-refractivity contribution in [1.82, 2.24) is 9.80 Å². The lowest BCUT2D eigenvalue weighted by Gasteiger charge is -2.33. The minimum absolute atomic E-state index is 0.255. The maximum atomic E-state index is 9.02. The van der Waals surface area contributed by atoms with E-state index in [-0.39, 0.29) is 6.61 Å². The Bertz CT molecular complexity index is 717. The minimum Gasteiger partial charge on any atom is -0.395 e. The molecule has 0 atom stereocenters. The van der Waals surface area contributed by atoms with E-state index >= 15 is 0 Å². The SMILES string of the molecule is C/C(=C/CN1CCN(CCO)CC1)c1ccc(-c2ccc(Cl)cc2)cc1. The van der Waals surface area contributed by atoms with Crippen LogP contribution >= 0.6 is 11.6 Å². The molecule has 3 rings (SSSR count). The molecule has 0 amide bonds. The third-order valence-electron chi connectivity index (χ3n) is 5.05. The normalized spacial score (nSPS) is 16.8. The molecule has 26 heavy (non-hydrogen) atoms. The van der Waals surface area contributed by atoms with Crippen LogP contribution < -0.4 is 0 Å². The van der Waals surface area contributed by atoms with Gasteiger partial charge in [0.05, 0.1) is 6.61 Å². The van der Waals surface area contributed by atoms with E-state index in [1.807, 2.05) is 12.1 Å². The first-order chi connectivity index (χ1) is 12.7. The number of β-amino-alcohol motifs (C(OH)–C–C–N with tert-alkyl or cyclic N) is 1. The quantitative estimate of drug-likeness (QED) is 0.831. The summed E-state index contributed by atoms with van der Waals surface area (Å²) in [4.78, 5) is 4.79. The summed E-state index contributed by atoms with van der Waals surface area (Å²) in [6.07, 6.45) is 2.32. The molecule has 2 aromatic carbocycles. The number of aliphatic hydroxyl groups is 1. The molecule has 0 spiro atoms. The zero-order chi connectivity index (χ0) is 18.4. The first kappa shape index (κ1) is 19.1. The summed E-state index contributed by atoms with van der Waals surface area (Å²) in [7, 11) is 0.